The number of H-pyrrole nitrogens is 1. The SMILES string of the molecule is O=c1[nH]c(-c2ccc(N3CCCC3)cc2F)nc2ccccc12. The molecule has 2 heterocycles. The highest BCUT2D eigenvalue weighted by Crippen LogP contribution is 2.27. The van der Waals surface area contributed by atoms with Crippen LogP contribution in [0.25, 0.3) is 22.3 Å². The Hall–Kier alpha value is -2.69. The molecule has 4 nitrogen and oxygen atoms in total. The molecule has 0 aliphatic carbocycles. The highest BCUT2D eigenvalue weighted by Gasteiger charge is 2.16. The first kappa shape index (κ1) is 13.9. The Labute approximate surface area is 132 Å². The van der Waals surface area contributed by atoms with E-state index in [4.69, 9.17) is 0 Å². The van der Waals surface area contributed by atoms with Crippen LogP contribution in [0.5, 0.6) is 0 Å². The van der Waals surface area contributed by atoms with E-state index in [9.17, 15) is 9.18 Å². The average molecular weight is 309 g/mol. The molecular weight excluding hydrogens is 293 g/mol. The highest BCUT2D eigenvalue weighted by molar-refractivity contribution is 5.79. The van der Waals surface area contributed by atoms with E-state index in [2.05, 4.69) is 14.9 Å². The molecule has 3 aromatic rings. The summed E-state index contributed by atoms with van der Waals surface area (Å²) in [6.45, 7) is 1.92. The van der Waals surface area contributed by atoms with Gasteiger partial charge >= 0.3 is 0 Å². The molecule has 0 unspecified atom stereocenters. The van der Waals surface area contributed by atoms with E-state index in [-0.39, 0.29) is 17.2 Å². The summed E-state index contributed by atoms with van der Waals surface area (Å²) in [5, 5.41) is 0.505. The molecule has 1 aliphatic heterocycles. The fraction of sp³-hybridized carbons (Fsp3) is 0.222. The van der Waals surface area contributed by atoms with Crippen LogP contribution >= 0.6 is 0 Å². The van der Waals surface area contributed by atoms with Gasteiger partial charge in [-0.1, -0.05) is 12.1 Å². The number of halogens is 1. The molecule has 4 rings (SSSR count). The summed E-state index contributed by atoms with van der Waals surface area (Å²) in [6.07, 6.45) is 2.28. The second kappa shape index (κ2) is 5.50. The third-order valence-corrected chi connectivity index (χ3v) is 4.29. The van der Waals surface area contributed by atoms with Crippen molar-refractivity contribution in [3.05, 3.63) is 58.6 Å². The Morgan fingerprint density at radius 2 is 1.87 bits per heavy atom. The maximum absolute atomic E-state index is 14.5. The Morgan fingerprint density at radius 3 is 2.65 bits per heavy atom. The molecular formula is C18H16FN3O. The largest absolute Gasteiger partial charge is 0.371 e. The summed E-state index contributed by atoms with van der Waals surface area (Å²) in [4.78, 5) is 21.4. The lowest BCUT2D eigenvalue weighted by molar-refractivity contribution is 0.629. The van der Waals surface area contributed by atoms with Crippen LogP contribution in [0.3, 0.4) is 0 Å². The van der Waals surface area contributed by atoms with Crippen LogP contribution in [0.15, 0.2) is 47.3 Å². The molecule has 0 radical (unpaired) electrons. The van der Waals surface area contributed by atoms with Crippen LogP contribution in [-0.4, -0.2) is 23.1 Å². The molecule has 1 N–H and O–H groups in total. The summed E-state index contributed by atoms with van der Waals surface area (Å²) >= 11 is 0. The lowest BCUT2D eigenvalue weighted by Crippen LogP contribution is -2.17. The smallest absolute Gasteiger partial charge is 0.259 e. The van der Waals surface area contributed by atoms with Gasteiger partial charge in [0.05, 0.1) is 16.5 Å². The van der Waals surface area contributed by atoms with E-state index in [0.717, 1.165) is 31.6 Å². The van der Waals surface area contributed by atoms with Crippen LogP contribution < -0.4 is 10.5 Å². The van der Waals surface area contributed by atoms with Gasteiger partial charge in [-0.25, -0.2) is 9.37 Å². The monoisotopic (exact) mass is 309 g/mol. The van der Waals surface area contributed by atoms with E-state index in [0.29, 0.717) is 16.5 Å². The van der Waals surface area contributed by atoms with Crippen molar-refractivity contribution in [2.24, 2.45) is 0 Å². The van der Waals surface area contributed by atoms with Gasteiger partial charge in [-0.05, 0) is 43.2 Å². The number of fused-ring (bicyclic) bond motifs is 1. The zero-order valence-electron chi connectivity index (χ0n) is 12.6. The molecule has 23 heavy (non-hydrogen) atoms. The second-order valence-electron chi connectivity index (χ2n) is 5.79. The number of hydrogen-bond acceptors (Lipinski definition) is 3. The number of benzene rings is 2. The molecule has 0 spiro atoms. The first-order valence-electron chi connectivity index (χ1n) is 7.76. The van der Waals surface area contributed by atoms with Crippen molar-refractivity contribution in [1.29, 1.82) is 0 Å². The van der Waals surface area contributed by atoms with Crippen LogP contribution in [-0.2, 0) is 0 Å². The van der Waals surface area contributed by atoms with Crippen molar-refractivity contribution in [1.82, 2.24) is 9.97 Å². The van der Waals surface area contributed by atoms with Gasteiger partial charge in [0.15, 0.2) is 0 Å². The minimum atomic E-state index is -0.368. The quantitative estimate of drug-likeness (QED) is 0.790. The standard InChI is InChI=1S/C18H16FN3O/c19-15-11-12(22-9-3-4-10-22)7-8-13(15)17-20-16-6-2-1-5-14(16)18(23)21-17/h1-2,5-8,11H,3-4,9-10H2,(H,20,21,23). The van der Waals surface area contributed by atoms with Crippen LogP contribution in [0.1, 0.15) is 12.8 Å². The molecule has 5 heteroatoms. The molecule has 0 saturated carbocycles. The number of aromatic nitrogens is 2. The number of para-hydroxylation sites is 1. The Balaban J connectivity index is 1.79. The summed E-state index contributed by atoms with van der Waals surface area (Å²) < 4.78 is 14.5. The van der Waals surface area contributed by atoms with Gasteiger partial charge < -0.3 is 9.88 Å². The van der Waals surface area contributed by atoms with Crippen molar-refractivity contribution < 1.29 is 4.39 Å². The molecule has 0 atom stereocenters. The lowest BCUT2D eigenvalue weighted by Gasteiger charge is -2.18. The number of nitrogens with one attached hydrogen (secondary N) is 1. The van der Waals surface area contributed by atoms with Gasteiger partial charge in [0, 0.05) is 18.8 Å². The topological polar surface area (TPSA) is 49.0 Å². The van der Waals surface area contributed by atoms with E-state index < -0.39 is 0 Å². The van der Waals surface area contributed by atoms with E-state index >= 15 is 0 Å². The van der Waals surface area contributed by atoms with Crippen molar-refractivity contribution in [3.63, 3.8) is 0 Å². The lowest BCUT2D eigenvalue weighted by atomic mass is 10.1. The van der Waals surface area contributed by atoms with E-state index in [1.807, 2.05) is 12.1 Å². The number of anilines is 1. The van der Waals surface area contributed by atoms with Crippen molar-refractivity contribution >= 4 is 16.6 Å². The summed E-state index contributed by atoms with van der Waals surface area (Å²) in [5.74, 6) is -0.105. The van der Waals surface area contributed by atoms with Crippen LogP contribution in [0.2, 0.25) is 0 Å². The molecule has 1 fully saturated rings. The molecule has 1 aromatic heterocycles. The Morgan fingerprint density at radius 1 is 1.09 bits per heavy atom. The maximum atomic E-state index is 14.5. The van der Waals surface area contributed by atoms with Gasteiger partial charge in [0.1, 0.15) is 11.6 Å². The molecule has 1 aliphatic rings. The third-order valence-electron chi connectivity index (χ3n) is 4.29. The number of hydrogen-bond donors (Lipinski definition) is 1. The maximum Gasteiger partial charge on any atom is 0.259 e. The molecule has 0 amide bonds. The summed E-state index contributed by atoms with van der Waals surface area (Å²) in [5.41, 5.74) is 1.51. The Bertz CT molecular complexity index is 929. The van der Waals surface area contributed by atoms with Gasteiger partial charge in [-0.2, -0.15) is 0 Å². The van der Waals surface area contributed by atoms with E-state index in [1.54, 1.807) is 24.3 Å². The van der Waals surface area contributed by atoms with Gasteiger partial charge in [-0.3, -0.25) is 4.79 Å². The summed E-state index contributed by atoms with van der Waals surface area (Å²) in [6, 6.07) is 12.2. The highest BCUT2D eigenvalue weighted by atomic mass is 19.1. The fourth-order valence-corrected chi connectivity index (χ4v) is 3.08. The summed E-state index contributed by atoms with van der Waals surface area (Å²) in [7, 11) is 0. The van der Waals surface area contributed by atoms with Crippen LogP contribution in [0, 0.1) is 5.82 Å². The van der Waals surface area contributed by atoms with Gasteiger partial charge in [0.2, 0.25) is 0 Å². The van der Waals surface area contributed by atoms with Crippen molar-refractivity contribution in [2.45, 2.75) is 12.8 Å². The zero-order valence-corrected chi connectivity index (χ0v) is 12.6. The van der Waals surface area contributed by atoms with Gasteiger partial charge in [0.25, 0.3) is 5.56 Å². The van der Waals surface area contributed by atoms with Gasteiger partial charge in [-0.15, -0.1) is 0 Å². The molecule has 1 saturated heterocycles. The van der Waals surface area contributed by atoms with Crippen LogP contribution in [0.4, 0.5) is 10.1 Å². The number of aromatic amines is 1. The predicted molar refractivity (Wildman–Crippen MR) is 89.2 cm³/mol. The second-order valence-corrected chi connectivity index (χ2v) is 5.79. The number of nitrogens with zero attached hydrogens (tertiary/aromatic N) is 2. The van der Waals surface area contributed by atoms with Crippen molar-refractivity contribution in [2.75, 3.05) is 18.0 Å². The zero-order chi connectivity index (χ0) is 15.8. The first-order valence-corrected chi connectivity index (χ1v) is 7.76. The fourth-order valence-electron chi connectivity index (χ4n) is 3.08. The Kier molecular flexibility index (Phi) is 3.33. The van der Waals surface area contributed by atoms with E-state index in [1.165, 1.54) is 6.07 Å². The van der Waals surface area contributed by atoms with Crippen molar-refractivity contribution in [3.8, 4) is 11.4 Å². The normalized spacial score (nSPS) is 14.6. The minimum absolute atomic E-state index is 0.256. The predicted octanol–water partition coefficient (Wildman–Crippen LogP) is 3.33. The first-order chi connectivity index (χ1) is 11.2. The third kappa shape index (κ3) is 2.48. The molecule has 2 aromatic carbocycles. The molecule has 116 valence electrons. The minimum Gasteiger partial charge on any atom is -0.371 e. The molecule has 0 bridgehead atoms. The average Bonchev–Trinajstić information content (AvgIpc) is 3.09. The number of rotatable bonds is 2.